The number of nitrogens with zero attached hydrogens (tertiary/aromatic N) is 2. The molecule has 1 aliphatic carbocycles. The van der Waals surface area contributed by atoms with E-state index in [-0.39, 0.29) is 0 Å². The predicted molar refractivity (Wildman–Crippen MR) is 115 cm³/mol. The van der Waals surface area contributed by atoms with Gasteiger partial charge in [-0.3, -0.25) is 9.78 Å². The van der Waals surface area contributed by atoms with Gasteiger partial charge in [0.2, 0.25) is 0 Å². The number of pyridine rings is 1. The molecule has 0 bridgehead atoms. The third-order valence-electron chi connectivity index (χ3n) is 5.09. The molecular weight excluding hydrogens is 360 g/mol. The zero-order valence-corrected chi connectivity index (χ0v) is 16.1. The van der Waals surface area contributed by atoms with Gasteiger partial charge in [0.15, 0.2) is 0 Å². The standard InChI is InChI=1S/C25H22N2O2/c28-18-22-9-5-10-23-19(8-4-11-24(22)23)14-17-29-27-25(20-6-2-1-3-7-20)21-12-15-26-16-13-21/h1-3,5-10,12-13,15-16,18H,4,11,14,17H2. The zero-order chi connectivity index (χ0) is 19.9. The zero-order valence-electron chi connectivity index (χ0n) is 16.1. The van der Waals surface area contributed by atoms with Crippen LogP contribution in [-0.2, 0) is 11.3 Å². The Bertz CT molecular complexity index is 999. The van der Waals surface area contributed by atoms with Crippen LogP contribution >= 0.6 is 0 Å². The highest BCUT2D eigenvalue weighted by Crippen LogP contribution is 2.30. The van der Waals surface area contributed by atoms with Gasteiger partial charge < -0.3 is 4.84 Å². The molecule has 144 valence electrons. The monoisotopic (exact) mass is 382 g/mol. The summed E-state index contributed by atoms with van der Waals surface area (Å²) in [6.45, 7) is 0.470. The van der Waals surface area contributed by atoms with Crippen LogP contribution < -0.4 is 0 Å². The molecule has 1 aromatic heterocycles. The highest BCUT2D eigenvalue weighted by Gasteiger charge is 2.15. The maximum Gasteiger partial charge on any atom is 0.150 e. The lowest BCUT2D eigenvalue weighted by Gasteiger charge is -2.19. The van der Waals surface area contributed by atoms with Crippen LogP contribution in [0, 0.1) is 0 Å². The third-order valence-corrected chi connectivity index (χ3v) is 5.09. The van der Waals surface area contributed by atoms with Gasteiger partial charge in [-0.25, -0.2) is 0 Å². The van der Waals surface area contributed by atoms with Gasteiger partial charge in [-0.05, 0) is 41.7 Å². The number of carbonyl (C=O) groups is 1. The summed E-state index contributed by atoms with van der Waals surface area (Å²) >= 11 is 0. The van der Waals surface area contributed by atoms with E-state index >= 15 is 0 Å². The van der Waals surface area contributed by atoms with Crippen molar-refractivity contribution in [1.29, 1.82) is 0 Å². The van der Waals surface area contributed by atoms with Crippen LogP contribution in [0.1, 0.15) is 45.5 Å². The summed E-state index contributed by atoms with van der Waals surface area (Å²) in [6, 6.07) is 19.8. The molecule has 0 atom stereocenters. The molecule has 4 heteroatoms. The highest BCUT2D eigenvalue weighted by atomic mass is 16.6. The minimum Gasteiger partial charge on any atom is -0.395 e. The number of carbonyl (C=O) groups excluding carboxylic acids is 1. The van der Waals surface area contributed by atoms with Gasteiger partial charge in [0.05, 0.1) is 0 Å². The van der Waals surface area contributed by atoms with Gasteiger partial charge in [0, 0.05) is 35.5 Å². The number of rotatable bonds is 7. The number of hydrogen-bond donors (Lipinski definition) is 0. The molecule has 0 radical (unpaired) electrons. The smallest absolute Gasteiger partial charge is 0.150 e. The van der Waals surface area contributed by atoms with Gasteiger partial charge in [0.25, 0.3) is 0 Å². The SMILES string of the molecule is O=Cc1cccc2c1CCC=C2CCON=C(c1ccccc1)c1ccncc1. The van der Waals surface area contributed by atoms with Gasteiger partial charge in [0.1, 0.15) is 18.6 Å². The molecule has 0 spiro atoms. The summed E-state index contributed by atoms with van der Waals surface area (Å²) in [4.78, 5) is 21.1. The number of allylic oxidation sites excluding steroid dienone is 1. The quantitative estimate of drug-likeness (QED) is 0.248. The Morgan fingerprint density at radius 1 is 1.00 bits per heavy atom. The topological polar surface area (TPSA) is 51.5 Å². The molecule has 0 unspecified atom stereocenters. The first-order valence-corrected chi connectivity index (χ1v) is 9.79. The van der Waals surface area contributed by atoms with Crippen molar-refractivity contribution in [2.75, 3.05) is 6.61 Å². The molecule has 0 N–H and O–H groups in total. The van der Waals surface area contributed by atoms with E-state index in [1.807, 2.05) is 54.6 Å². The molecular formula is C25H22N2O2. The molecule has 1 heterocycles. The highest BCUT2D eigenvalue weighted by molar-refractivity contribution is 6.12. The molecule has 0 aliphatic heterocycles. The molecule has 0 saturated heterocycles. The molecule has 0 fully saturated rings. The fraction of sp³-hybridized carbons (Fsp3) is 0.160. The normalized spacial score (nSPS) is 13.4. The molecule has 2 aromatic carbocycles. The van der Waals surface area contributed by atoms with E-state index in [2.05, 4.69) is 22.3 Å². The lowest BCUT2D eigenvalue weighted by atomic mass is 9.87. The van der Waals surface area contributed by atoms with Crippen molar-refractivity contribution in [2.45, 2.75) is 19.3 Å². The van der Waals surface area contributed by atoms with Crippen LogP contribution in [-0.4, -0.2) is 23.6 Å². The fourth-order valence-corrected chi connectivity index (χ4v) is 3.68. The van der Waals surface area contributed by atoms with Gasteiger partial charge in [-0.1, -0.05) is 59.8 Å². The number of fused-ring (bicyclic) bond motifs is 1. The second kappa shape index (κ2) is 9.11. The first kappa shape index (κ1) is 18.8. The number of benzene rings is 2. The average Bonchev–Trinajstić information content (AvgIpc) is 2.80. The van der Waals surface area contributed by atoms with Crippen LogP contribution in [0.4, 0.5) is 0 Å². The van der Waals surface area contributed by atoms with Gasteiger partial charge >= 0.3 is 0 Å². The first-order valence-electron chi connectivity index (χ1n) is 9.79. The Labute approximate surface area is 170 Å². The molecule has 29 heavy (non-hydrogen) atoms. The third kappa shape index (κ3) is 4.32. The van der Waals surface area contributed by atoms with E-state index in [4.69, 9.17) is 4.84 Å². The average molecular weight is 382 g/mol. The summed E-state index contributed by atoms with van der Waals surface area (Å²) < 4.78 is 0. The summed E-state index contributed by atoms with van der Waals surface area (Å²) in [6.07, 6.45) is 9.30. The van der Waals surface area contributed by atoms with Crippen molar-refractivity contribution in [3.63, 3.8) is 0 Å². The van der Waals surface area contributed by atoms with Crippen molar-refractivity contribution in [1.82, 2.24) is 4.98 Å². The predicted octanol–water partition coefficient (Wildman–Crippen LogP) is 5.08. The Balaban J connectivity index is 1.49. The lowest BCUT2D eigenvalue weighted by molar-refractivity contribution is 0.112. The Morgan fingerprint density at radius 2 is 1.79 bits per heavy atom. The largest absolute Gasteiger partial charge is 0.395 e. The van der Waals surface area contributed by atoms with Crippen molar-refractivity contribution < 1.29 is 9.63 Å². The maximum atomic E-state index is 11.3. The molecule has 0 saturated carbocycles. The maximum absolute atomic E-state index is 11.3. The Morgan fingerprint density at radius 3 is 2.59 bits per heavy atom. The summed E-state index contributed by atoms with van der Waals surface area (Å²) in [7, 11) is 0. The van der Waals surface area contributed by atoms with E-state index in [0.29, 0.717) is 6.61 Å². The van der Waals surface area contributed by atoms with Gasteiger partial charge in [-0.2, -0.15) is 0 Å². The summed E-state index contributed by atoms with van der Waals surface area (Å²) in [5.74, 6) is 0. The number of oxime groups is 1. The van der Waals surface area contributed by atoms with Crippen LogP contribution in [0.25, 0.3) is 5.57 Å². The van der Waals surface area contributed by atoms with Gasteiger partial charge in [-0.15, -0.1) is 0 Å². The second-order valence-electron chi connectivity index (χ2n) is 6.88. The van der Waals surface area contributed by atoms with E-state index in [1.165, 1.54) is 5.57 Å². The number of hydrogen-bond acceptors (Lipinski definition) is 4. The summed E-state index contributed by atoms with van der Waals surface area (Å²) in [5, 5.41) is 4.44. The van der Waals surface area contributed by atoms with E-state index in [9.17, 15) is 4.79 Å². The van der Waals surface area contributed by atoms with Crippen LogP contribution in [0.3, 0.4) is 0 Å². The number of aromatic nitrogens is 1. The first-order chi connectivity index (χ1) is 14.4. The minimum atomic E-state index is 0.470. The Kier molecular flexibility index (Phi) is 5.91. The van der Waals surface area contributed by atoms with Crippen molar-refractivity contribution in [2.24, 2.45) is 5.16 Å². The van der Waals surface area contributed by atoms with Crippen molar-refractivity contribution >= 4 is 17.6 Å². The lowest BCUT2D eigenvalue weighted by Crippen LogP contribution is -2.07. The van der Waals surface area contributed by atoms with E-state index < -0.39 is 0 Å². The molecule has 4 rings (SSSR count). The van der Waals surface area contributed by atoms with E-state index in [0.717, 1.165) is 59.1 Å². The van der Waals surface area contributed by atoms with Crippen LogP contribution in [0.15, 0.2) is 84.3 Å². The van der Waals surface area contributed by atoms with Crippen LogP contribution in [0.2, 0.25) is 0 Å². The molecule has 4 nitrogen and oxygen atoms in total. The van der Waals surface area contributed by atoms with Crippen molar-refractivity contribution in [3.8, 4) is 0 Å². The van der Waals surface area contributed by atoms with Crippen LogP contribution in [0.5, 0.6) is 0 Å². The molecule has 0 amide bonds. The molecule has 1 aliphatic rings. The summed E-state index contributed by atoms with van der Waals surface area (Å²) in [5.41, 5.74) is 7.05. The number of aldehydes is 1. The second-order valence-corrected chi connectivity index (χ2v) is 6.88. The Hall–Kier alpha value is -3.53. The van der Waals surface area contributed by atoms with Crippen molar-refractivity contribution in [3.05, 3.63) is 107 Å². The van der Waals surface area contributed by atoms with E-state index in [1.54, 1.807) is 12.4 Å². The minimum absolute atomic E-state index is 0.470. The fourth-order valence-electron chi connectivity index (χ4n) is 3.68. The molecule has 3 aromatic rings.